The normalized spacial score (nSPS) is 9.94. The first-order valence-electron chi connectivity index (χ1n) is 5.97. The molecule has 0 aromatic carbocycles. The van der Waals surface area contributed by atoms with Gasteiger partial charge >= 0.3 is 0 Å². The summed E-state index contributed by atoms with van der Waals surface area (Å²) < 4.78 is 0. The van der Waals surface area contributed by atoms with Crippen LogP contribution in [-0.2, 0) is 11.2 Å². The molecule has 7 nitrogen and oxygen atoms in total. The quantitative estimate of drug-likeness (QED) is 0.315. The average molecular weight is 252 g/mol. The SMILES string of the molecule is CCCc1c(NN)ncnc1NCCNC(C)=O. The number of nitrogens with zero attached hydrogens (tertiary/aromatic N) is 2. The zero-order valence-electron chi connectivity index (χ0n) is 10.8. The highest BCUT2D eigenvalue weighted by Crippen LogP contribution is 2.20. The number of nitrogens with one attached hydrogen (secondary N) is 3. The van der Waals surface area contributed by atoms with E-state index in [1.807, 2.05) is 0 Å². The number of carbonyl (C=O) groups excluding carboxylic acids is 1. The molecule has 0 bridgehead atoms. The first kappa shape index (κ1) is 14.2. The summed E-state index contributed by atoms with van der Waals surface area (Å²) in [6.07, 6.45) is 3.26. The largest absolute Gasteiger partial charge is 0.368 e. The van der Waals surface area contributed by atoms with Crippen LogP contribution in [0.25, 0.3) is 0 Å². The number of aromatic nitrogens is 2. The lowest BCUT2D eigenvalue weighted by Crippen LogP contribution is -2.27. The highest BCUT2D eigenvalue weighted by atomic mass is 16.1. The fourth-order valence-corrected chi connectivity index (χ4v) is 1.60. The van der Waals surface area contributed by atoms with Gasteiger partial charge in [0.15, 0.2) is 0 Å². The van der Waals surface area contributed by atoms with E-state index < -0.39 is 0 Å². The Hall–Kier alpha value is -1.89. The Morgan fingerprint density at radius 3 is 2.67 bits per heavy atom. The van der Waals surface area contributed by atoms with Crippen LogP contribution in [0.1, 0.15) is 25.8 Å². The lowest BCUT2D eigenvalue weighted by atomic mass is 10.1. The summed E-state index contributed by atoms with van der Waals surface area (Å²) in [5, 5.41) is 5.88. The maximum absolute atomic E-state index is 10.7. The van der Waals surface area contributed by atoms with E-state index in [2.05, 4.69) is 33.0 Å². The van der Waals surface area contributed by atoms with Gasteiger partial charge in [0, 0.05) is 25.6 Å². The first-order valence-corrected chi connectivity index (χ1v) is 5.97. The molecule has 1 heterocycles. The fourth-order valence-electron chi connectivity index (χ4n) is 1.60. The van der Waals surface area contributed by atoms with Crippen molar-refractivity contribution < 1.29 is 4.79 Å². The predicted octanol–water partition coefficient (Wildman–Crippen LogP) is 0.263. The van der Waals surface area contributed by atoms with E-state index in [1.54, 1.807) is 0 Å². The number of hydrogen-bond acceptors (Lipinski definition) is 6. The van der Waals surface area contributed by atoms with E-state index in [9.17, 15) is 4.79 Å². The van der Waals surface area contributed by atoms with E-state index in [-0.39, 0.29) is 5.91 Å². The van der Waals surface area contributed by atoms with Crippen LogP contribution in [0.15, 0.2) is 6.33 Å². The topological polar surface area (TPSA) is 105 Å². The minimum atomic E-state index is -0.0439. The van der Waals surface area contributed by atoms with Gasteiger partial charge in [-0.3, -0.25) is 4.79 Å². The first-order chi connectivity index (χ1) is 8.69. The van der Waals surface area contributed by atoms with E-state index in [4.69, 9.17) is 5.84 Å². The van der Waals surface area contributed by atoms with Crippen LogP contribution in [0.2, 0.25) is 0 Å². The smallest absolute Gasteiger partial charge is 0.216 e. The molecule has 100 valence electrons. The van der Waals surface area contributed by atoms with Gasteiger partial charge in [0.05, 0.1) is 0 Å². The van der Waals surface area contributed by atoms with Crippen LogP contribution in [0.4, 0.5) is 11.6 Å². The van der Waals surface area contributed by atoms with Crippen molar-refractivity contribution in [1.82, 2.24) is 15.3 Å². The molecule has 5 N–H and O–H groups in total. The summed E-state index contributed by atoms with van der Waals surface area (Å²) in [6.45, 7) is 4.73. The van der Waals surface area contributed by atoms with Crippen LogP contribution in [0.5, 0.6) is 0 Å². The molecular weight excluding hydrogens is 232 g/mol. The number of hydrogen-bond donors (Lipinski definition) is 4. The summed E-state index contributed by atoms with van der Waals surface area (Å²) >= 11 is 0. The van der Waals surface area contributed by atoms with Crippen LogP contribution in [0, 0.1) is 0 Å². The number of nitrogen functional groups attached to an aromatic ring is 1. The predicted molar refractivity (Wildman–Crippen MR) is 71.0 cm³/mol. The van der Waals surface area contributed by atoms with Crippen molar-refractivity contribution in [1.29, 1.82) is 0 Å². The third-order valence-electron chi connectivity index (χ3n) is 2.37. The molecule has 7 heteroatoms. The van der Waals surface area contributed by atoms with E-state index >= 15 is 0 Å². The zero-order chi connectivity index (χ0) is 13.4. The lowest BCUT2D eigenvalue weighted by molar-refractivity contribution is -0.118. The second-order valence-electron chi connectivity index (χ2n) is 3.85. The molecule has 0 aliphatic carbocycles. The minimum absolute atomic E-state index is 0.0439. The van der Waals surface area contributed by atoms with Crippen molar-refractivity contribution in [2.24, 2.45) is 5.84 Å². The van der Waals surface area contributed by atoms with Gasteiger partial charge in [0.2, 0.25) is 5.91 Å². The molecule has 0 spiro atoms. The van der Waals surface area contributed by atoms with Crippen LogP contribution in [0.3, 0.4) is 0 Å². The van der Waals surface area contributed by atoms with Gasteiger partial charge in [-0.2, -0.15) is 0 Å². The molecule has 0 fully saturated rings. The van der Waals surface area contributed by atoms with E-state index in [1.165, 1.54) is 13.3 Å². The standard InChI is InChI=1S/C11H20N6O/c1-3-4-9-10(14-6-5-13-8(2)18)15-7-16-11(9)17-12/h7H,3-6,12H2,1-2H3,(H,13,18)(H2,14,15,16,17). The van der Waals surface area contributed by atoms with Crippen molar-refractivity contribution in [3.8, 4) is 0 Å². The van der Waals surface area contributed by atoms with Gasteiger partial charge in [0.1, 0.15) is 18.0 Å². The Labute approximate surface area is 107 Å². The maximum atomic E-state index is 10.7. The van der Waals surface area contributed by atoms with Gasteiger partial charge in [-0.15, -0.1) is 0 Å². The molecule has 1 rings (SSSR count). The van der Waals surface area contributed by atoms with E-state index in [0.29, 0.717) is 18.9 Å². The third kappa shape index (κ3) is 4.17. The molecule has 1 aromatic rings. The molecule has 0 saturated carbocycles. The Morgan fingerprint density at radius 2 is 2.06 bits per heavy atom. The van der Waals surface area contributed by atoms with E-state index in [0.717, 1.165) is 24.2 Å². The molecule has 18 heavy (non-hydrogen) atoms. The monoisotopic (exact) mass is 252 g/mol. The maximum Gasteiger partial charge on any atom is 0.216 e. The minimum Gasteiger partial charge on any atom is -0.368 e. The molecule has 0 radical (unpaired) electrons. The van der Waals surface area contributed by atoms with Crippen molar-refractivity contribution in [2.75, 3.05) is 23.8 Å². The van der Waals surface area contributed by atoms with Crippen LogP contribution < -0.4 is 21.9 Å². The number of anilines is 2. The van der Waals surface area contributed by atoms with Gasteiger partial charge in [0.25, 0.3) is 0 Å². The van der Waals surface area contributed by atoms with Crippen molar-refractivity contribution in [2.45, 2.75) is 26.7 Å². The summed E-state index contributed by atoms with van der Waals surface area (Å²) in [4.78, 5) is 19.0. The van der Waals surface area contributed by atoms with Gasteiger partial charge < -0.3 is 16.1 Å². The van der Waals surface area contributed by atoms with Gasteiger partial charge in [-0.05, 0) is 6.42 Å². The summed E-state index contributed by atoms with van der Waals surface area (Å²) in [5.74, 6) is 6.76. The molecule has 1 aromatic heterocycles. The van der Waals surface area contributed by atoms with Gasteiger partial charge in [-0.1, -0.05) is 13.3 Å². The second-order valence-corrected chi connectivity index (χ2v) is 3.85. The highest BCUT2D eigenvalue weighted by Gasteiger charge is 2.09. The zero-order valence-corrected chi connectivity index (χ0v) is 10.8. The Morgan fingerprint density at radius 1 is 1.33 bits per heavy atom. The molecule has 0 atom stereocenters. The molecule has 0 aliphatic rings. The number of amides is 1. The molecular formula is C11H20N6O. The highest BCUT2D eigenvalue weighted by molar-refractivity contribution is 5.72. The van der Waals surface area contributed by atoms with Crippen LogP contribution >= 0.6 is 0 Å². The number of carbonyl (C=O) groups is 1. The molecule has 0 saturated heterocycles. The number of hydrazine groups is 1. The van der Waals surface area contributed by atoms with Gasteiger partial charge in [-0.25, -0.2) is 15.8 Å². The molecule has 0 aliphatic heterocycles. The Balaban J connectivity index is 2.65. The number of rotatable bonds is 7. The third-order valence-corrected chi connectivity index (χ3v) is 2.37. The lowest BCUT2D eigenvalue weighted by Gasteiger charge is -2.13. The Kier molecular flexibility index (Phi) is 5.86. The Bertz CT molecular complexity index is 395. The summed E-state index contributed by atoms with van der Waals surface area (Å²) in [7, 11) is 0. The van der Waals surface area contributed by atoms with Crippen LogP contribution in [-0.4, -0.2) is 29.0 Å². The fraction of sp³-hybridized carbons (Fsp3) is 0.545. The summed E-state index contributed by atoms with van der Waals surface area (Å²) in [6, 6.07) is 0. The number of nitrogens with two attached hydrogens (primary N) is 1. The van der Waals surface area contributed by atoms with Crippen molar-refractivity contribution in [3.05, 3.63) is 11.9 Å². The molecule has 1 amide bonds. The van der Waals surface area contributed by atoms with Crippen molar-refractivity contribution >= 4 is 17.5 Å². The second kappa shape index (κ2) is 7.44. The summed E-state index contributed by atoms with van der Waals surface area (Å²) in [5.41, 5.74) is 3.53. The average Bonchev–Trinajstić information content (AvgIpc) is 2.36. The van der Waals surface area contributed by atoms with Crippen molar-refractivity contribution in [3.63, 3.8) is 0 Å². The molecule has 0 unspecified atom stereocenters.